The topological polar surface area (TPSA) is 267 Å². The summed E-state index contributed by atoms with van der Waals surface area (Å²) < 4.78 is 59.3. The van der Waals surface area contributed by atoms with Crippen molar-refractivity contribution in [2.75, 3.05) is 12.4 Å². The second kappa shape index (κ2) is 21.3. The predicted octanol–water partition coefficient (Wildman–Crippen LogP) is 0.560. The van der Waals surface area contributed by atoms with Gasteiger partial charge >= 0.3 is 59.4 Å². The molecule has 20 heteroatoms. The van der Waals surface area contributed by atoms with E-state index in [4.69, 9.17) is 28.4 Å². The standard InChI is InChI=1S/C50H55NO17S.Na/c1-27-33(65-46(59)40(66-36(55)22-23-69(61)62)38(30-16-10-7-11-17-30)51-44(57)31-18-12-8-13-19-31)25-50(60)43(67-45(58)32-20-14-9-15-21-32)41-48(6,34(54)24-35-49(41,26-63-35)68-29(3)53)42(56)39(64-28(2)52)37(27)47(50,4)5;/h7-21,33-35,38-41,43,54,60H,22-26H2,1-6H3,(H,51,57)(H,61,62);/q;+1/p-1/t33-,34?,35?,38?,39?,40?,41?,43?,48?,49?,50?;/m0./s1. The van der Waals surface area contributed by atoms with Gasteiger partial charge in [-0.05, 0) is 54.8 Å². The zero-order valence-electron chi connectivity index (χ0n) is 39.7. The van der Waals surface area contributed by atoms with E-state index < -0.39 is 142 Å². The Bertz CT molecular complexity index is 2560. The number of fused-ring (bicyclic) bond motifs is 5. The van der Waals surface area contributed by atoms with Gasteiger partial charge in [0, 0.05) is 43.4 Å². The van der Waals surface area contributed by atoms with Crippen LogP contribution in [0.25, 0.3) is 0 Å². The van der Waals surface area contributed by atoms with Gasteiger partial charge in [0.2, 0.25) is 6.10 Å². The molecule has 3 aromatic carbocycles. The minimum Gasteiger partial charge on any atom is -0.772 e. The Morgan fingerprint density at radius 2 is 1.46 bits per heavy atom. The molecule has 3 fully saturated rings. The van der Waals surface area contributed by atoms with E-state index in [1.165, 1.54) is 52.0 Å². The second-order valence-corrected chi connectivity index (χ2v) is 19.6. The Kier molecular flexibility index (Phi) is 16.5. The van der Waals surface area contributed by atoms with Crippen molar-refractivity contribution in [1.29, 1.82) is 0 Å². The number of Topliss-reactive ketones (excluding diaryl/α,β-unsaturated/α-hetero) is 1. The number of hydrogen-bond acceptors (Lipinski definition) is 17. The van der Waals surface area contributed by atoms with Crippen LogP contribution in [0.15, 0.2) is 102 Å². The molecule has 0 aromatic heterocycles. The van der Waals surface area contributed by atoms with Gasteiger partial charge in [-0.2, -0.15) is 0 Å². The Morgan fingerprint density at radius 1 is 0.871 bits per heavy atom. The van der Waals surface area contributed by atoms with Crippen molar-refractivity contribution in [3.63, 3.8) is 0 Å². The fourth-order valence-corrected chi connectivity index (χ4v) is 11.0. The number of carbonyl (C=O) groups is 7. The summed E-state index contributed by atoms with van der Waals surface area (Å²) in [6.07, 6.45) is -11.8. The maximum Gasteiger partial charge on any atom is 1.00 e. The maximum atomic E-state index is 15.7. The zero-order valence-corrected chi connectivity index (χ0v) is 42.6. The number of amides is 1. The number of ether oxygens (including phenoxy) is 6. The summed E-state index contributed by atoms with van der Waals surface area (Å²) in [6.45, 7) is 7.67. The SMILES string of the molecule is CC(=O)OC1C(=O)C2(C)C(O)CC3OCC3(OC(C)=O)C2C(OC(=O)c2ccccc2)C2(O)C[C@H](OC(=O)C(OC(=O)CCS(=O)[O-])C(NC(=O)c3ccccc3)c3ccccc3)C(C)=C1C2(C)C.[Na+]. The van der Waals surface area contributed by atoms with E-state index in [9.17, 15) is 42.9 Å². The van der Waals surface area contributed by atoms with E-state index in [0.717, 1.165) is 13.8 Å². The third-order valence-corrected chi connectivity index (χ3v) is 14.7. The van der Waals surface area contributed by atoms with Crippen molar-refractivity contribution >= 4 is 52.6 Å². The van der Waals surface area contributed by atoms with Crippen molar-refractivity contribution in [3.8, 4) is 0 Å². The number of rotatable bonds is 14. The molecular formula is C50H54NNaO17S. The molecule has 12 atom stereocenters. The average Bonchev–Trinajstić information content (AvgIpc) is 3.30. The van der Waals surface area contributed by atoms with Crippen molar-refractivity contribution < 1.29 is 111 Å². The summed E-state index contributed by atoms with van der Waals surface area (Å²) in [6, 6.07) is 22.1. The molecule has 368 valence electrons. The van der Waals surface area contributed by atoms with E-state index in [2.05, 4.69) is 5.32 Å². The number of aliphatic hydroxyl groups is 2. The molecule has 7 rings (SSSR count). The summed E-state index contributed by atoms with van der Waals surface area (Å²) >= 11 is -2.69. The third kappa shape index (κ3) is 10.0. The largest absolute Gasteiger partial charge is 1.00 e. The van der Waals surface area contributed by atoms with Gasteiger partial charge in [-0.15, -0.1) is 0 Å². The first-order valence-corrected chi connectivity index (χ1v) is 23.6. The Balaban J connectivity index is 0.00000804. The molecule has 3 N–H and O–H groups in total. The van der Waals surface area contributed by atoms with Crippen molar-refractivity contribution in [1.82, 2.24) is 5.32 Å². The Morgan fingerprint density at radius 3 is 2.00 bits per heavy atom. The van der Waals surface area contributed by atoms with E-state index in [-0.39, 0.29) is 70.4 Å². The number of nitrogens with one attached hydrogen (secondary N) is 1. The molecule has 3 aliphatic carbocycles. The smallest absolute Gasteiger partial charge is 0.772 e. The van der Waals surface area contributed by atoms with Crippen LogP contribution in [0.4, 0.5) is 0 Å². The van der Waals surface area contributed by atoms with Gasteiger partial charge in [0.05, 0.1) is 36.0 Å². The Hall–Kier alpha value is -5.12. The van der Waals surface area contributed by atoms with Gasteiger partial charge in [0.15, 0.2) is 17.5 Å². The van der Waals surface area contributed by atoms with Gasteiger partial charge < -0.3 is 48.5 Å². The number of hydrogen-bond donors (Lipinski definition) is 3. The van der Waals surface area contributed by atoms with Crippen molar-refractivity contribution in [2.45, 2.75) is 115 Å². The van der Waals surface area contributed by atoms with Gasteiger partial charge in [-0.3, -0.25) is 28.2 Å². The molecule has 70 heavy (non-hydrogen) atoms. The van der Waals surface area contributed by atoms with Crippen LogP contribution in [0.3, 0.4) is 0 Å². The molecule has 1 aliphatic heterocycles. The first-order valence-electron chi connectivity index (χ1n) is 22.3. The van der Waals surface area contributed by atoms with Crippen LogP contribution in [-0.4, -0.2) is 121 Å². The predicted molar refractivity (Wildman–Crippen MR) is 240 cm³/mol. The van der Waals surface area contributed by atoms with Crippen LogP contribution < -0.4 is 34.9 Å². The van der Waals surface area contributed by atoms with Crippen LogP contribution in [0.5, 0.6) is 0 Å². The number of ketones is 1. The molecule has 1 heterocycles. The summed E-state index contributed by atoms with van der Waals surface area (Å²) in [4.78, 5) is 98.6. The van der Waals surface area contributed by atoms with Gasteiger partial charge in [0.25, 0.3) is 5.91 Å². The average molecular weight is 996 g/mol. The maximum absolute atomic E-state index is 15.7. The molecule has 1 amide bonds. The number of aliphatic hydroxyl groups excluding tert-OH is 1. The van der Waals surface area contributed by atoms with Crippen molar-refractivity contribution in [3.05, 3.63) is 119 Å². The minimum absolute atomic E-state index is 0. The molecule has 0 radical (unpaired) electrons. The van der Waals surface area contributed by atoms with Crippen LogP contribution in [0.1, 0.15) is 93.1 Å². The van der Waals surface area contributed by atoms with Gasteiger partial charge in [0.1, 0.15) is 30.0 Å². The summed E-state index contributed by atoms with van der Waals surface area (Å²) in [5.74, 6) is -9.15. The summed E-state index contributed by atoms with van der Waals surface area (Å²) in [5, 5.41) is 28.8. The fraction of sp³-hybridized carbons (Fsp3) is 0.460. The molecular weight excluding hydrogens is 942 g/mol. The third-order valence-electron chi connectivity index (χ3n) is 14.2. The molecule has 4 aliphatic rings. The summed E-state index contributed by atoms with van der Waals surface area (Å²) in [7, 11) is 0. The molecule has 3 aromatic rings. The van der Waals surface area contributed by atoms with Crippen LogP contribution in [0.2, 0.25) is 0 Å². The summed E-state index contributed by atoms with van der Waals surface area (Å²) in [5.41, 5.74) is -7.80. The first kappa shape index (κ1) is 54.2. The van der Waals surface area contributed by atoms with E-state index in [1.54, 1.807) is 66.7 Å². The number of carbonyl (C=O) groups excluding carboxylic acids is 7. The van der Waals surface area contributed by atoms with Gasteiger partial charge in [-0.25, -0.2) is 9.59 Å². The second-order valence-electron chi connectivity index (χ2n) is 18.6. The first-order chi connectivity index (χ1) is 32.6. The quantitative estimate of drug-likeness (QED) is 0.0655. The molecule has 1 saturated heterocycles. The normalized spacial score (nSPS) is 29.8. The molecule has 2 bridgehead atoms. The van der Waals surface area contributed by atoms with Gasteiger partial charge in [-0.1, -0.05) is 91.7 Å². The van der Waals surface area contributed by atoms with E-state index in [0.29, 0.717) is 0 Å². The molecule has 18 nitrogen and oxygen atoms in total. The number of benzene rings is 3. The Labute approximate surface area is 428 Å². The minimum atomic E-state index is -2.69. The van der Waals surface area contributed by atoms with Crippen LogP contribution >= 0.6 is 0 Å². The fourth-order valence-electron chi connectivity index (χ4n) is 10.7. The number of esters is 5. The monoisotopic (exact) mass is 995 g/mol. The molecule has 11 unspecified atom stereocenters. The van der Waals surface area contributed by atoms with Crippen LogP contribution in [0, 0.1) is 16.7 Å². The van der Waals surface area contributed by atoms with E-state index in [1.807, 2.05) is 0 Å². The molecule has 0 spiro atoms. The van der Waals surface area contributed by atoms with Crippen molar-refractivity contribution in [2.24, 2.45) is 16.7 Å². The van der Waals surface area contributed by atoms with Crippen LogP contribution in [-0.2, 0) is 63.5 Å². The van der Waals surface area contributed by atoms with E-state index >= 15 is 9.59 Å². The zero-order chi connectivity index (χ0) is 50.2. The molecule has 2 saturated carbocycles.